The molecular weight excluding hydrogens is 168 g/mol. The maximum absolute atomic E-state index is 10.4. The molecule has 1 aliphatic rings. The Kier molecular flexibility index (Phi) is 3.72. The van der Waals surface area contributed by atoms with Gasteiger partial charge in [0.2, 0.25) is 0 Å². The van der Waals surface area contributed by atoms with Crippen molar-refractivity contribution in [1.29, 1.82) is 0 Å². The van der Waals surface area contributed by atoms with E-state index in [4.69, 9.17) is 5.11 Å². The minimum atomic E-state index is -1.16. The molecule has 1 rings (SSSR count). The Bertz CT molecular complexity index is 179. The van der Waals surface area contributed by atoms with Gasteiger partial charge < -0.3 is 10.2 Å². The van der Waals surface area contributed by atoms with Gasteiger partial charge in [-0.1, -0.05) is 32.6 Å². The number of rotatable bonds is 3. The van der Waals surface area contributed by atoms with Crippen LogP contribution in [0, 0.1) is 11.8 Å². The van der Waals surface area contributed by atoms with Crippen molar-refractivity contribution >= 4 is 5.97 Å². The highest BCUT2D eigenvalue weighted by atomic mass is 16.4. The van der Waals surface area contributed by atoms with Crippen LogP contribution in [0.1, 0.15) is 39.0 Å². The highest BCUT2D eigenvalue weighted by Gasteiger charge is 2.26. The lowest BCUT2D eigenvalue weighted by molar-refractivity contribution is -0.147. The number of carbonyl (C=O) groups is 1. The second-order valence-electron chi connectivity index (χ2n) is 4.11. The summed E-state index contributed by atoms with van der Waals surface area (Å²) in [5.74, 6) is -0.111. The van der Waals surface area contributed by atoms with Crippen LogP contribution in [0.25, 0.3) is 0 Å². The van der Waals surface area contributed by atoms with Crippen molar-refractivity contribution < 1.29 is 15.0 Å². The van der Waals surface area contributed by atoms with E-state index < -0.39 is 12.1 Å². The summed E-state index contributed by atoms with van der Waals surface area (Å²) in [5, 5.41) is 17.7. The molecule has 3 atom stereocenters. The predicted octanol–water partition coefficient (Wildman–Crippen LogP) is 1.65. The second kappa shape index (κ2) is 4.61. The van der Waals surface area contributed by atoms with Crippen molar-refractivity contribution in [2.24, 2.45) is 11.8 Å². The molecule has 76 valence electrons. The van der Waals surface area contributed by atoms with E-state index in [-0.39, 0.29) is 0 Å². The van der Waals surface area contributed by atoms with E-state index in [0.29, 0.717) is 18.3 Å². The van der Waals surface area contributed by atoms with Gasteiger partial charge >= 0.3 is 5.97 Å². The standard InChI is InChI=1S/C10H18O3/c1-7-4-2-3-5-8(7)6-9(11)10(12)13/h7-9,11H,2-6H2,1H3,(H,12,13). The van der Waals surface area contributed by atoms with Gasteiger partial charge in [-0.05, 0) is 18.3 Å². The molecule has 0 bridgehead atoms. The van der Waals surface area contributed by atoms with Crippen LogP contribution in [0.4, 0.5) is 0 Å². The molecule has 0 aromatic rings. The SMILES string of the molecule is CC1CCCCC1CC(O)C(=O)O. The monoisotopic (exact) mass is 186 g/mol. The van der Waals surface area contributed by atoms with Gasteiger partial charge in [-0.3, -0.25) is 0 Å². The molecule has 3 unspecified atom stereocenters. The quantitative estimate of drug-likeness (QED) is 0.704. The smallest absolute Gasteiger partial charge is 0.332 e. The fraction of sp³-hybridized carbons (Fsp3) is 0.900. The summed E-state index contributed by atoms with van der Waals surface area (Å²) < 4.78 is 0. The number of aliphatic hydroxyl groups excluding tert-OH is 1. The van der Waals surface area contributed by atoms with E-state index in [9.17, 15) is 9.90 Å². The van der Waals surface area contributed by atoms with Gasteiger partial charge in [-0.2, -0.15) is 0 Å². The molecule has 0 radical (unpaired) electrons. The van der Waals surface area contributed by atoms with E-state index >= 15 is 0 Å². The molecule has 2 N–H and O–H groups in total. The first-order valence-corrected chi connectivity index (χ1v) is 5.02. The second-order valence-corrected chi connectivity index (χ2v) is 4.11. The van der Waals surface area contributed by atoms with Gasteiger partial charge in [-0.25, -0.2) is 4.79 Å². The molecule has 3 nitrogen and oxygen atoms in total. The summed E-state index contributed by atoms with van der Waals surface area (Å²) in [6, 6.07) is 0. The van der Waals surface area contributed by atoms with Gasteiger partial charge in [0, 0.05) is 0 Å². The number of carboxylic acids is 1. The molecule has 0 aromatic carbocycles. The van der Waals surface area contributed by atoms with Gasteiger partial charge in [0.25, 0.3) is 0 Å². The van der Waals surface area contributed by atoms with Crippen molar-refractivity contribution in [2.45, 2.75) is 45.1 Å². The van der Waals surface area contributed by atoms with Crippen LogP contribution < -0.4 is 0 Å². The van der Waals surface area contributed by atoms with Gasteiger partial charge in [-0.15, -0.1) is 0 Å². The van der Waals surface area contributed by atoms with Gasteiger partial charge in [0.1, 0.15) is 0 Å². The first-order valence-electron chi connectivity index (χ1n) is 5.02. The summed E-state index contributed by atoms with van der Waals surface area (Å²) in [4.78, 5) is 10.4. The first-order chi connectivity index (χ1) is 6.11. The third-order valence-corrected chi connectivity index (χ3v) is 3.10. The fourth-order valence-corrected chi connectivity index (χ4v) is 2.13. The molecule has 0 saturated heterocycles. The van der Waals surface area contributed by atoms with E-state index in [0.717, 1.165) is 6.42 Å². The molecule has 1 aliphatic carbocycles. The van der Waals surface area contributed by atoms with Crippen LogP contribution in [-0.4, -0.2) is 22.3 Å². The molecule has 0 spiro atoms. The van der Waals surface area contributed by atoms with Crippen LogP contribution in [-0.2, 0) is 4.79 Å². The maximum Gasteiger partial charge on any atom is 0.332 e. The minimum absolute atomic E-state index is 0.403. The number of hydrogen-bond acceptors (Lipinski definition) is 2. The Hall–Kier alpha value is -0.570. The Morgan fingerprint density at radius 2 is 2.08 bits per heavy atom. The maximum atomic E-state index is 10.4. The van der Waals surface area contributed by atoms with E-state index in [1.807, 2.05) is 0 Å². The molecule has 13 heavy (non-hydrogen) atoms. The Morgan fingerprint density at radius 3 is 2.62 bits per heavy atom. The van der Waals surface area contributed by atoms with Crippen LogP contribution in [0.3, 0.4) is 0 Å². The van der Waals surface area contributed by atoms with Crippen LogP contribution in [0.2, 0.25) is 0 Å². The lowest BCUT2D eigenvalue weighted by Gasteiger charge is -2.29. The Labute approximate surface area is 78.8 Å². The highest BCUT2D eigenvalue weighted by Crippen LogP contribution is 2.32. The number of aliphatic carboxylic acids is 1. The van der Waals surface area contributed by atoms with E-state index in [1.165, 1.54) is 19.3 Å². The normalized spacial score (nSPS) is 31.2. The van der Waals surface area contributed by atoms with Gasteiger partial charge in [0.05, 0.1) is 0 Å². The lowest BCUT2D eigenvalue weighted by atomic mass is 9.77. The molecule has 3 heteroatoms. The molecule has 0 amide bonds. The fourth-order valence-electron chi connectivity index (χ4n) is 2.13. The number of hydrogen-bond donors (Lipinski definition) is 2. The molecule has 1 fully saturated rings. The van der Waals surface area contributed by atoms with Crippen LogP contribution >= 0.6 is 0 Å². The van der Waals surface area contributed by atoms with Crippen molar-refractivity contribution in [3.63, 3.8) is 0 Å². The minimum Gasteiger partial charge on any atom is -0.479 e. The number of carboxylic acid groups (broad SMARTS) is 1. The summed E-state index contributed by atoms with van der Waals surface area (Å²) in [6.45, 7) is 2.15. The molecule has 0 aliphatic heterocycles. The van der Waals surface area contributed by atoms with E-state index in [2.05, 4.69) is 6.92 Å². The van der Waals surface area contributed by atoms with Crippen molar-refractivity contribution in [2.75, 3.05) is 0 Å². The third-order valence-electron chi connectivity index (χ3n) is 3.10. The molecular formula is C10H18O3. The van der Waals surface area contributed by atoms with Gasteiger partial charge in [0.15, 0.2) is 6.10 Å². The largest absolute Gasteiger partial charge is 0.479 e. The Morgan fingerprint density at radius 1 is 1.46 bits per heavy atom. The van der Waals surface area contributed by atoms with Crippen LogP contribution in [0.5, 0.6) is 0 Å². The average Bonchev–Trinajstić information content (AvgIpc) is 2.08. The van der Waals surface area contributed by atoms with E-state index in [1.54, 1.807) is 0 Å². The topological polar surface area (TPSA) is 57.5 Å². The molecule has 1 saturated carbocycles. The lowest BCUT2D eigenvalue weighted by Crippen LogP contribution is -2.27. The first kappa shape index (κ1) is 10.5. The summed E-state index contributed by atoms with van der Waals surface area (Å²) >= 11 is 0. The average molecular weight is 186 g/mol. The summed E-state index contributed by atoms with van der Waals surface area (Å²) in [5.41, 5.74) is 0. The zero-order valence-corrected chi connectivity index (χ0v) is 8.07. The summed E-state index contributed by atoms with van der Waals surface area (Å²) in [6.07, 6.45) is 3.95. The zero-order valence-electron chi connectivity index (χ0n) is 8.07. The molecule has 0 aromatic heterocycles. The van der Waals surface area contributed by atoms with Crippen LogP contribution in [0.15, 0.2) is 0 Å². The predicted molar refractivity (Wildman–Crippen MR) is 49.4 cm³/mol. The number of aliphatic hydroxyl groups is 1. The highest BCUT2D eigenvalue weighted by molar-refractivity contribution is 5.71. The third kappa shape index (κ3) is 2.99. The molecule has 0 heterocycles. The van der Waals surface area contributed by atoms with Crippen molar-refractivity contribution in [3.8, 4) is 0 Å². The zero-order chi connectivity index (χ0) is 9.84. The van der Waals surface area contributed by atoms with Crippen molar-refractivity contribution in [3.05, 3.63) is 0 Å². The van der Waals surface area contributed by atoms with Crippen molar-refractivity contribution in [1.82, 2.24) is 0 Å². The summed E-state index contributed by atoms with van der Waals surface area (Å²) in [7, 11) is 0. The Balaban J connectivity index is 2.37.